The summed E-state index contributed by atoms with van der Waals surface area (Å²) in [5.41, 5.74) is 12.0. The van der Waals surface area contributed by atoms with Gasteiger partial charge in [-0.25, -0.2) is 8.42 Å². The second-order valence-corrected chi connectivity index (χ2v) is 18.0. The van der Waals surface area contributed by atoms with E-state index in [2.05, 4.69) is 38.4 Å². The highest BCUT2D eigenvalue weighted by atomic mass is 32.2. The van der Waals surface area contributed by atoms with Crippen molar-refractivity contribution in [1.29, 1.82) is 0 Å². The number of hydrogen-bond acceptors (Lipinski definition) is 12. The average Bonchev–Trinajstić information content (AvgIpc) is 3.33. The van der Waals surface area contributed by atoms with Gasteiger partial charge in [0, 0.05) is 46.7 Å². The van der Waals surface area contributed by atoms with Gasteiger partial charge in [-0.2, -0.15) is 0 Å². The molecule has 0 aliphatic carbocycles. The first kappa shape index (κ1) is 45.8. The maximum absolute atomic E-state index is 14.3. The largest absolute Gasteiger partial charge is 0.506 e. The molecular weight excluding hydrogens is 873 g/mol. The smallest absolute Gasteiger partial charge is 0.262 e. The van der Waals surface area contributed by atoms with Gasteiger partial charge in [0.2, 0.25) is 9.84 Å². The van der Waals surface area contributed by atoms with Gasteiger partial charge in [0.05, 0.1) is 39.8 Å². The fraction of sp³-hybridized carbons (Fsp3) is 0.176. The number of anilines is 4. The molecule has 3 amide bonds. The molecule has 15 nitrogen and oxygen atoms in total. The third-order valence-electron chi connectivity index (χ3n) is 11.4. The number of nitrogens with zero attached hydrogens (tertiary/aromatic N) is 1. The molecule has 6 aromatic carbocycles. The van der Waals surface area contributed by atoms with Crippen LogP contribution in [-0.4, -0.2) is 68.1 Å². The first-order chi connectivity index (χ1) is 32.3. The van der Waals surface area contributed by atoms with E-state index in [-0.39, 0.29) is 62.9 Å². The Morgan fingerprint density at radius 3 is 2.46 bits per heavy atom. The Hall–Kier alpha value is -7.79. The Bertz CT molecular complexity index is 3140. The molecule has 1 aromatic heterocycles. The van der Waals surface area contributed by atoms with Crippen molar-refractivity contribution in [1.82, 2.24) is 10.3 Å². The van der Waals surface area contributed by atoms with Gasteiger partial charge in [0.1, 0.15) is 17.2 Å². The summed E-state index contributed by atoms with van der Waals surface area (Å²) in [5.74, 6) is -0.893. The molecule has 8 N–H and O–H groups in total. The van der Waals surface area contributed by atoms with E-state index >= 15 is 0 Å². The first-order valence-corrected chi connectivity index (χ1v) is 22.9. The van der Waals surface area contributed by atoms with Crippen LogP contribution in [0.5, 0.6) is 17.2 Å². The summed E-state index contributed by atoms with van der Waals surface area (Å²) >= 11 is 0. The standard InChI is InChI=1S/C51H48N6O9S/c1-30-22-39(26-41-46(30)54-27-42(50(52)61)47(41)55-36-12-7-13-37(25-36)65-2)67(63,64)38-14-6-10-34(24-38)51(62)56-35-11-5-9-33(23-35)32-17-15-31(16-18-32)8-3-4-21-53-28-44(59)40-19-20-43(58)48-49(40)66-29-45(60)57-48/h5-7,9-20,22-27,44,53,58-59H,3-4,8,21,28-29H2,1-2H3,(H2,52,61)(H,54,55)(H,56,62)(H,57,60)/t44-/m0/s1. The van der Waals surface area contributed by atoms with Gasteiger partial charge in [-0.3, -0.25) is 19.4 Å². The van der Waals surface area contributed by atoms with Crippen LogP contribution in [0.3, 0.4) is 0 Å². The van der Waals surface area contributed by atoms with Gasteiger partial charge in [-0.15, -0.1) is 0 Å². The normalized spacial score (nSPS) is 12.7. The zero-order valence-corrected chi connectivity index (χ0v) is 37.4. The fourth-order valence-electron chi connectivity index (χ4n) is 7.92. The molecule has 8 rings (SSSR count). The van der Waals surface area contributed by atoms with Crippen molar-refractivity contribution in [3.63, 3.8) is 0 Å². The van der Waals surface area contributed by atoms with E-state index in [0.29, 0.717) is 45.7 Å². The Balaban J connectivity index is 0.892. The maximum Gasteiger partial charge on any atom is 0.262 e. The number of benzene rings is 6. The highest BCUT2D eigenvalue weighted by Gasteiger charge is 2.26. The summed E-state index contributed by atoms with van der Waals surface area (Å²) < 4.78 is 39.4. The number of carbonyl (C=O) groups is 3. The molecule has 0 radical (unpaired) electrons. The zero-order chi connectivity index (χ0) is 47.2. The summed E-state index contributed by atoms with van der Waals surface area (Å²) in [6.07, 6.45) is 3.10. The van der Waals surface area contributed by atoms with Crippen LogP contribution in [0.25, 0.3) is 22.0 Å². The van der Waals surface area contributed by atoms with Crippen molar-refractivity contribution in [3.8, 4) is 28.4 Å². The number of amides is 3. The number of methoxy groups -OCH3 is 1. The number of aromatic hydroxyl groups is 1. The van der Waals surface area contributed by atoms with Crippen LogP contribution in [0, 0.1) is 6.92 Å². The number of phenols is 1. The summed E-state index contributed by atoms with van der Waals surface area (Å²) in [5, 5.41) is 33.2. The van der Waals surface area contributed by atoms with Gasteiger partial charge in [0.15, 0.2) is 12.4 Å². The number of rotatable bonds is 17. The highest BCUT2D eigenvalue weighted by Crippen LogP contribution is 2.41. The van der Waals surface area contributed by atoms with Crippen molar-refractivity contribution >= 4 is 61.2 Å². The number of aryl methyl sites for hydroxylation is 2. The number of pyridine rings is 1. The minimum Gasteiger partial charge on any atom is -0.506 e. The van der Waals surface area contributed by atoms with E-state index in [1.54, 1.807) is 49.4 Å². The summed E-state index contributed by atoms with van der Waals surface area (Å²) in [7, 11) is -2.66. The lowest BCUT2D eigenvalue weighted by Gasteiger charge is -2.23. The molecule has 0 unspecified atom stereocenters. The minimum absolute atomic E-state index is 0.0596. The molecule has 0 saturated heterocycles. The van der Waals surface area contributed by atoms with Gasteiger partial charge in [-0.05, 0) is 122 Å². The number of nitrogens with two attached hydrogens (primary N) is 1. The van der Waals surface area contributed by atoms with Crippen LogP contribution < -0.4 is 36.5 Å². The molecule has 16 heteroatoms. The summed E-state index contributed by atoms with van der Waals surface area (Å²) in [4.78, 5) is 42.2. The van der Waals surface area contributed by atoms with E-state index in [9.17, 15) is 33.0 Å². The van der Waals surface area contributed by atoms with Gasteiger partial charge >= 0.3 is 0 Å². The van der Waals surface area contributed by atoms with Crippen molar-refractivity contribution in [2.45, 2.75) is 42.1 Å². The number of ether oxygens (including phenoxy) is 2. The molecule has 1 aliphatic heterocycles. The van der Waals surface area contributed by atoms with Crippen LogP contribution >= 0.6 is 0 Å². The predicted molar refractivity (Wildman–Crippen MR) is 256 cm³/mol. The van der Waals surface area contributed by atoms with E-state index in [1.165, 1.54) is 49.7 Å². The van der Waals surface area contributed by atoms with E-state index in [0.717, 1.165) is 36.0 Å². The Kier molecular flexibility index (Phi) is 13.5. The zero-order valence-electron chi connectivity index (χ0n) is 36.6. The Labute approximate surface area is 386 Å². The second kappa shape index (κ2) is 19.8. The van der Waals surface area contributed by atoms with Gasteiger partial charge in [-0.1, -0.05) is 48.5 Å². The number of aliphatic hydroxyl groups is 1. The molecule has 1 aliphatic rings. The molecule has 2 heterocycles. The third kappa shape index (κ3) is 10.2. The van der Waals surface area contributed by atoms with Crippen molar-refractivity contribution in [2.24, 2.45) is 5.73 Å². The lowest BCUT2D eigenvalue weighted by atomic mass is 10.0. The third-order valence-corrected chi connectivity index (χ3v) is 13.1. The molecule has 7 aromatic rings. The Morgan fingerprint density at radius 1 is 0.896 bits per heavy atom. The topological polar surface area (TPSA) is 231 Å². The number of unbranched alkanes of at least 4 members (excludes halogenated alkanes) is 1. The molecule has 67 heavy (non-hydrogen) atoms. The average molecular weight is 921 g/mol. The van der Waals surface area contributed by atoms with E-state index in [4.69, 9.17) is 15.2 Å². The number of fused-ring (bicyclic) bond motifs is 2. The van der Waals surface area contributed by atoms with E-state index in [1.807, 2.05) is 30.3 Å². The van der Waals surface area contributed by atoms with Gasteiger partial charge in [0.25, 0.3) is 17.7 Å². The minimum atomic E-state index is -4.19. The van der Waals surface area contributed by atoms with Crippen LogP contribution in [0.2, 0.25) is 0 Å². The van der Waals surface area contributed by atoms with Crippen molar-refractivity contribution < 1.29 is 42.5 Å². The highest BCUT2D eigenvalue weighted by molar-refractivity contribution is 7.91. The molecule has 342 valence electrons. The molecular formula is C51H48N6O9S. The monoisotopic (exact) mass is 920 g/mol. The predicted octanol–water partition coefficient (Wildman–Crippen LogP) is 7.83. The second-order valence-electron chi connectivity index (χ2n) is 16.1. The Morgan fingerprint density at radius 2 is 1.67 bits per heavy atom. The van der Waals surface area contributed by atoms with Crippen LogP contribution in [0.4, 0.5) is 22.7 Å². The molecule has 1 atom stereocenters. The first-order valence-electron chi connectivity index (χ1n) is 21.5. The van der Waals surface area contributed by atoms with Crippen LogP contribution in [0.1, 0.15) is 56.4 Å². The van der Waals surface area contributed by atoms with Crippen LogP contribution in [0.15, 0.2) is 137 Å². The number of carbonyl (C=O) groups excluding carboxylic acids is 3. The SMILES string of the molecule is COc1cccc(Nc2c(C(N)=O)cnc3c(C)cc(S(=O)(=O)c4cccc(C(=O)Nc5cccc(-c6ccc(CCCCNC[C@H](O)c7ccc(O)c8c7OCC(=O)N8)cc6)c5)c4)cc23)c1. The summed E-state index contributed by atoms with van der Waals surface area (Å²) in [6, 6.07) is 34.4. The number of sulfone groups is 1. The quantitative estimate of drug-likeness (QED) is 0.0342. The maximum atomic E-state index is 14.3. The number of primary amides is 1. The number of aliphatic hydroxyl groups excluding tert-OH is 1. The molecule has 0 fully saturated rings. The van der Waals surface area contributed by atoms with Crippen LogP contribution in [-0.2, 0) is 21.1 Å². The molecule has 0 bridgehead atoms. The molecule has 0 saturated carbocycles. The lowest BCUT2D eigenvalue weighted by molar-refractivity contribution is -0.118. The lowest BCUT2D eigenvalue weighted by Crippen LogP contribution is -2.28. The van der Waals surface area contributed by atoms with E-state index < -0.39 is 27.8 Å². The molecule has 0 spiro atoms. The van der Waals surface area contributed by atoms with Crippen molar-refractivity contribution in [3.05, 3.63) is 155 Å². The number of hydrogen-bond donors (Lipinski definition) is 7. The number of phenolic OH excluding ortho intramolecular Hbond substituents is 1. The summed E-state index contributed by atoms with van der Waals surface area (Å²) in [6.45, 7) is 2.50. The fourth-order valence-corrected chi connectivity index (χ4v) is 9.34. The number of aromatic nitrogens is 1. The van der Waals surface area contributed by atoms with Gasteiger partial charge < -0.3 is 46.7 Å². The van der Waals surface area contributed by atoms with Crippen molar-refractivity contribution in [2.75, 3.05) is 42.8 Å². The number of nitrogens with one attached hydrogen (secondary N) is 4.